The molecular weight excluding hydrogens is 162 g/mol. The van der Waals surface area contributed by atoms with Crippen molar-refractivity contribution in [2.24, 2.45) is 5.92 Å². The van der Waals surface area contributed by atoms with E-state index >= 15 is 0 Å². The number of aliphatic hydroxyl groups excluding tert-OH is 1. The topological polar surface area (TPSA) is 49.3 Å². The molecule has 3 nitrogen and oxygen atoms in total. The quantitative estimate of drug-likeness (QED) is 0.586. The summed E-state index contributed by atoms with van der Waals surface area (Å²) in [5.41, 5.74) is 0. The van der Waals surface area contributed by atoms with E-state index in [-0.39, 0.29) is 6.61 Å². The van der Waals surface area contributed by atoms with Crippen molar-refractivity contribution in [3.8, 4) is 0 Å². The lowest BCUT2D eigenvalue weighted by Crippen LogP contribution is -2.44. The van der Waals surface area contributed by atoms with Gasteiger partial charge in [-0.2, -0.15) is 0 Å². The summed E-state index contributed by atoms with van der Waals surface area (Å²) in [6.07, 6.45) is 0.673. The Bertz CT molecular complexity index is 136. The summed E-state index contributed by atoms with van der Waals surface area (Å²) in [5.74, 6) is 2.09. The zero-order valence-electron chi connectivity index (χ0n) is 6.58. The summed E-state index contributed by atoms with van der Waals surface area (Å²) in [7, 11) is -0.699. The predicted molar refractivity (Wildman–Crippen MR) is 45.9 cm³/mol. The van der Waals surface area contributed by atoms with Crippen LogP contribution in [0.3, 0.4) is 0 Å². The zero-order chi connectivity index (χ0) is 8.10. The third-order valence-electron chi connectivity index (χ3n) is 1.82. The molecule has 1 atom stereocenters. The Morgan fingerprint density at radius 3 is 2.73 bits per heavy atom. The minimum atomic E-state index is -0.699. The minimum absolute atomic E-state index is 0.161. The fraction of sp³-hybridized carbons (Fsp3) is 1.00. The normalized spacial score (nSPS) is 21.2. The first-order chi connectivity index (χ1) is 5.33. The van der Waals surface area contributed by atoms with E-state index in [0.29, 0.717) is 18.1 Å². The molecule has 1 rings (SSSR count). The van der Waals surface area contributed by atoms with Crippen LogP contribution in [0.2, 0.25) is 0 Å². The van der Waals surface area contributed by atoms with Gasteiger partial charge in [-0.1, -0.05) is 0 Å². The van der Waals surface area contributed by atoms with Gasteiger partial charge in [-0.25, -0.2) is 0 Å². The van der Waals surface area contributed by atoms with E-state index in [1.807, 2.05) is 0 Å². The lowest BCUT2D eigenvalue weighted by atomic mass is 10.1. The van der Waals surface area contributed by atoms with E-state index < -0.39 is 10.8 Å². The maximum absolute atomic E-state index is 11.2. The fourth-order valence-electron chi connectivity index (χ4n) is 1.04. The van der Waals surface area contributed by atoms with Crippen LogP contribution in [-0.2, 0) is 10.8 Å². The van der Waals surface area contributed by atoms with E-state index in [4.69, 9.17) is 5.11 Å². The molecular formula is C7H15NO2S. The predicted octanol–water partition coefficient (Wildman–Crippen LogP) is -0.663. The van der Waals surface area contributed by atoms with Gasteiger partial charge in [-0.3, -0.25) is 4.21 Å². The smallest absolute Gasteiger partial charge is 0.0439 e. The second-order valence-electron chi connectivity index (χ2n) is 2.91. The Kier molecular flexibility index (Phi) is 4.04. The van der Waals surface area contributed by atoms with E-state index in [9.17, 15) is 4.21 Å². The average molecular weight is 177 g/mol. The van der Waals surface area contributed by atoms with E-state index in [1.54, 1.807) is 0 Å². The number of aliphatic hydroxyl groups is 1. The van der Waals surface area contributed by atoms with Gasteiger partial charge in [-0.15, -0.1) is 0 Å². The summed E-state index contributed by atoms with van der Waals surface area (Å²) in [6.45, 7) is 2.20. The Morgan fingerprint density at radius 2 is 2.27 bits per heavy atom. The van der Waals surface area contributed by atoms with Gasteiger partial charge < -0.3 is 10.4 Å². The van der Waals surface area contributed by atoms with Gasteiger partial charge in [0.15, 0.2) is 0 Å². The van der Waals surface area contributed by atoms with E-state index in [0.717, 1.165) is 18.8 Å². The molecule has 4 heteroatoms. The molecule has 1 aliphatic rings. The Morgan fingerprint density at radius 1 is 1.55 bits per heavy atom. The standard InChI is InChI=1S/C7H15NO2S/c9-2-1-3-11(10)6-7-4-8-5-7/h7-9H,1-6H2. The van der Waals surface area contributed by atoms with Crippen molar-refractivity contribution in [1.29, 1.82) is 0 Å². The van der Waals surface area contributed by atoms with Crippen molar-refractivity contribution in [2.45, 2.75) is 6.42 Å². The molecule has 0 radical (unpaired) electrons. The maximum atomic E-state index is 11.2. The maximum Gasteiger partial charge on any atom is 0.0439 e. The molecule has 1 heterocycles. The molecule has 0 aromatic carbocycles. The number of rotatable bonds is 5. The molecule has 11 heavy (non-hydrogen) atoms. The number of hydrogen-bond donors (Lipinski definition) is 2. The minimum Gasteiger partial charge on any atom is -0.396 e. The molecule has 0 aromatic rings. The molecule has 0 amide bonds. The van der Waals surface area contributed by atoms with Gasteiger partial charge in [0.2, 0.25) is 0 Å². The van der Waals surface area contributed by atoms with Crippen LogP contribution in [0.4, 0.5) is 0 Å². The monoisotopic (exact) mass is 177 g/mol. The SMILES string of the molecule is O=S(CCCO)CC1CNC1. The van der Waals surface area contributed by atoms with Crippen molar-refractivity contribution in [3.05, 3.63) is 0 Å². The van der Waals surface area contributed by atoms with Crippen LogP contribution < -0.4 is 5.32 Å². The summed E-state index contributed by atoms with van der Waals surface area (Å²) >= 11 is 0. The summed E-state index contributed by atoms with van der Waals surface area (Å²) in [6, 6.07) is 0. The lowest BCUT2D eigenvalue weighted by Gasteiger charge is -2.26. The fourth-order valence-corrected chi connectivity index (χ4v) is 2.42. The van der Waals surface area contributed by atoms with Crippen LogP contribution >= 0.6 is 0 Å². The van der Waals surface area contributed by atoms with Crippen LogP contribution in [0, 0.1) is 5.92 Å². The summed E-state index contributed by atoms with van der Waals surface area (Å²) < 4.78 is 11.2. The van der Waals surface area contributed by atoms with Crippen molar-refractivity contribution in [2.75, 3.05) is 31.2 Å². The molecule has 1 saturated heterocycles. The highest BCUT2D eigenvalue weighted by Crippen LogP contribution is 2.05. The van der Waals surface area contributed by atoms with Crippen LogP contribution in [0.1, 0.15) is 6.42 Å². The Labute approximate surface area is 69.6 Å². The van der Waals surface area contributed by atoms with Crippen molar-refractivity contribution >= 4 is 10.8 Å². The lowest BCUT2D eigenvalue weighted by molar-refractivity contribution is 0.295. The third-order valence-corrected chi connectivity index (χ3v) is 3.40. The van der Waals surface area contributed by atoms with E-state index in [1.165, 1.54) is 0 Å². The first-order valence-electron chi connectivity index (χ1n) is 3.99. The van der Waals surface area contributed by atoms with Crippen LogP contribution in [0.5, 0.6) is 0 Å². The second kappa shape index (κ2) is 4.85. The number of hydrogen-bond acceptors (Lipinski definition) is 3. The molecule has 1 unspecified atom stereocenters. The molecule has 0 spiro atoms. The van der Waals surface area contributed by atoms with E-state index in [2.05, 4.69) is 5.32 Å². The Hall–Kier alpha value is 0.0700. The highest BCUT2D eigenvalue weighted by Gasteiger charge is 2.18. The van der Waals surface area contributed by atoms with Gasteiger partial charge >= 0.3 is 0 Å². The van der Waals surface area contributed by atoms with Gasteiger partial charge in [0.05, 0.1) is 0 Å². The second-order valence-corrected chi connectivity index (χ2v) is 4.53. The van der Waals surface area contributed by atoms with Crippen molar-refractivity contribution in [1.82, 2.24) is 5.32 Å². The molecule has 1 fully saturated rings. The first-order valence-corrected chi connectivity index (χ1v) is 5.48. The van der Waals surface area contributed by atoms with Crippen LogP contribution in [0.25, 0.3) is 0 Å². The molecule has 1 aliphatic heterocycles. The molecule has 2 N–H and O–H groups in total. The average Bonchev–Trinajstić information content (AvgIpc) is 1.93. The van der Waals surface area contributed by atoms with Crippen molar-refractivity contribution < 1.29 is 9.32 Å². The highest BCUT2D eigenvalue weighted by atomic mass is 32.2. The zero-order valence-corrected chi connectivity index (χ0v) is 7.40. The first kappa shape index (κ1) is 9.16. The van der Waals surface area contributed by atoms with Gasteiger partial charge in [0, 0.05) is 42.0 Å². The molecule has 0 aliphatic carbocycles. The van der Waals surface area contributed by atoms with Gasteiger partial charge in [-0.05, 0) is 12.3 Å². The third kappa shape index (κ3) is 3.31. The number of nitrogens with one attached hydrogen (secondary N) is 1. The van der Waals surface area contributed by atoms with Gasteiger partial charge in [0.25, 0.3) is 0 Å². The van der Waals surface area contributed by atoms with Gasteiger partial charge in [0.1, 0.15) is 0 Å². The molecule has 66 valence electrons. The molecule has 0 bridgehead atoms. The summed E-state index contributed by atoms with van der Waals surface area (Å²) in [5, 5.41) is 11.6. The van der Waals surface area contributed by atoms with Crippen molar-refractivity contribution in [3.63, 3.8) is 0 Å². The van der Waals surface area contributed by atoms with Crippen LogP contribution in [-0.4, -0.2) is 40.5 Å². The van der Waals surface area contributed by atoms with Crippen LogP contribution in [0.15, 0.2) is 0 Å². The Balaban J connectivity index is 2.00. The molecule has 0 aromatic heterocycles. The highest BCUT2D eigenvalue weighted by molar-refractivity contribution is 7.84. The largest absolute Gasteiger partial charge is 0.396 e. The molecule has 0 saturated carbocycles. The summed E-state index contributed by atoms with van der Waals surface area (Å²) in [4.78, 5) is 0.